The van der Waals surface area contributed by atoms with Gasteiger partial charge in [-0.05, 0) is 13.3 Å². The predicted octanol–water partition coefficient (Wildman–Crippen LogP) is 1.09. The number of nitrogens with zero attached hydrogens (tertiary/aromatic N) is 3. The molecule has 1 heterocycles. The maximum Gasteiger partial charge on any atom is 0.258 e. The molecular weight excluding hydrogens is 192 g/mol. The largest absolute Gasteiger partial charge is 0.325 e. The van der Waals surface area contributed by atoms with Crippen molar-refractivity contribution < 1.29 is 4.79 Å². The van der Waals surface area contributed by atoms with Crippen molar-refractivity contribution >= 4 is 5.91 Å². The highest BCUT2D eigenvalue weighted by Crippen LogP contribution is 2.07. The number of aromatic amines is 1. The molecule has 1 N–H and O–H groups in total. The molecule has 0 aliphatic heterocycles. The molecule has 5 nitrogen and oxygen atoms in total. The zero-order chi connectivity index (χ0) is 11.3. The molecule has 5 heteroatoms. The molecule has 0 atom stereocenters. The number of hydrogen-bond donors (Lipinski definition) is 1. The van der Waals surface area contributed by atoms with E-state index in [1.54, 1.807) is 6.92 Å². The summed E-state index contributed by atoms with van der Waals surface area (Å²) >= 11 is 0. The smallest absolute Gasteiger partial charge is 0.258 e. The van der Waals surface area contributed by atoms with Crippen molar-refractivity contribution in [2.75, 3.05) is 13.1 Å². The Labute approximate surface area is 88.7 Å². The van der Waals surface area contributed by atoms with Gasteiger partial charge in [0.25, 0.3) is 5.91 Å². The second-order valence-corrected chi connectivity index (χ2v) is 3.29. The third-order valence-corrected chi connectivity index (χ3v) is 2.10. The van der Waals surface area contributed by atoms with Gasteiger partial charge in [0.1, 0.15) is 6.54 Å². The Morgan fingerprint density at radius 3 is 2.93 bits per heavy atom. The highest BCUT2D eigenvalue weighted by molar-refractivity contribution is 5.95. The van der Waals surface area contributed by atoms with E-state index < -0.39 is 0 Å². The number of rotatable bonds is 4. The van der Waals surface area contributed by atoms with E-state index in [2.05, 4.69) is 10.2 Å². The predicted molar refractivity (Wildman–Crippen MR) is 55.1 cm³/mol. The van der Waals surface area contributed by atoms with E-state index in [4.69, 9.17) is 5.26 Å². The molecule has 15 heavy (non-hydrogen) atoms. The average molecular weight is 206 g/mol. The van der Waals surface area contributed by atoms with Crippen LogP contribution in [0.3, 0.4) is 0 Å². The van der Waals surface area contributed by atoms with Gasteiger partial charge in [0.2, 0.25) is 0 Å². The molecule has 0 aromatic carbocycles. The first-order valence-corrected chi connectivity index (χ1v) is 4.86. The van der Waals surface area contributed by atoms with E-state index in [0.29, 0.717) is 12.1 Å². The van der Waals surface area contributed by atoms with Crippen LogP contribution in [0.4, 0.5) is 0 Å². The minimum Gasteiger partial charge on any atom is -0.325 e. The molecule has 0 aliphatic carbocycles. The van der Waals surface area contributed by atoms with Crippen LogP contribution in [0.2, 0.25) is 0 Å². The summed E-state index contributed by atoms with van der Waals surface area (Å²) in [6, 6.07) is 1.99. The van der Waals surface area contributed by atoms with Crippen LogP contribution >= 0.6 is 0 Å². The Kier molecular flexibility index (Phi) is 3.86. The zero-order valence-corrected chi connectivity index (χ0v) is 8.95. The van der Waals surface area contributed by atoms with Crippen LogP contribution in [0, 0.1) is 18.3 Å². The molecule has 1 amide bonds. The Hall–Kier alpha value is -1.83. The van der Waals surface area contributed by atoms with Crippen molar-refractivity contribution in [2.24, 2.45) is 0 Å². The van der Waals surface area contributed by atoms with Crippen LogP contribution in [-0.2, 0) is 0 Å². The molecule has 1 rings (SSSR count). The van der Waals surface area contributed by atoms with Gasteiger partial charge in [-0.15, -0.1) is 0 Å². The highest BCUT2D eigenvalue weighted by Gasteiger charge is 2.17. The number of hydrogen-bond acceptors (Lipinski definition) is 3. The van der Waals surface area contributed by atoms with E-state index >= 15 is 0 Å². The second kappa shape index (κ2) is 5.15. The van der Waals surface area contributed by atoms with E-state index in [0.717, 1.165) is 12.1 Å². The van der Waals surface area contributed by atoms with E-state index in [-0.39, 0.29) is 12.5 Å². The third-order valence-electron chi connectivity index (χ3n) is 2.10. The summed E-state index contributed by atoms with van der Waals surface area (Å²) in [6.45, 7) is 4.48. The highest BCUT2D eigenvalue weighted by atomic mass is 16.2. The lowest BCUT2D eigenvalue weighted by molar-refractivity contribution is 0.0775. The number of carbonyl (C=O) groups is 1. The summed E-state index contributed by atoms with van der Waals surface area (Å²) < 4.78 is 0. The molecule has 0 aliphatic rings. The number of aromatic nitrogens is 2. The van der Waals surface area contributed by atoms with Crippen LogP contribution in [0.15, 0.2) is 6.20 Å². The maximum absolute atomic E-state index is 11.9. The van der Waals surface area contributed by atoms with Gasteiger partial charge in [-0.25, -0.2) is 0 Å². The van der Waals surface area contributed by atoms with Gasteiger partial charge in [0.15, 0.2) is 0 Å². The van der Waals surface area contributed by atoms with Crippen molar-refractivity contribution in [1.82, 2.24) is 15.1 Å². The monoisotopic (exact) mass is 206 g/mol. The fourth-order valence-corrected chi connectivity index (χ4v) is 1.34. The zero-order valence-electron chi connectivity index (χ0n) is 8.95. The minimum absolute atomic E-state index is 0.122. The number of nitriles is 1. The van der Waals surface area contributed by atoms with Gasteiger partial charge >= 0.3 is 0 Å². The van der Waals surface area contributed by atoms with Crippen LogP contribution in [0.25, 0.3) is 0 Å². The van der Waals surface area contributed by atoms with Crippen LogP contribution in [0.1, 0.15) is 29.4 Å². The number of amides is 1. The normalized spacial score (nSPS) is 9.67. The lowest BCUT2D eigenvalue weighted by atomic mass is 10.2. The quantitative estimate of drug-likeness (QED) is 0.749. The molecule has 0 saturated carbocycles. The number of aryl methyl sites for hydroxylation is 1. The standard InChI is InChI=1S/C10H14N4O/c1-3-5-14(6-4-11)10(15)9-7-12-13-8(9)2/h7H,3,5-6H2,1-2H3,(H,12,13). The van der Waals surface area contributed by atoms with Crippen molar-refractivity contribution in [2.45, 2.75) is 20.3 Å². The number of carbonyl (C=O) groups excluding carboxylic acids is 1. The van der Waals surface area contributed by atoms with E-state index in [9.17, 15) is 4.79 Å². The number of nitrogens with one attached hydrogen (secondary N) is 1. The minimum atomic E-state index is -0.135. The summed E-state index contributed by atoms with van der Waals surface area (Å²) in [4.78, 5) is 13.4. The molecule has 1 aromatic rings. The van der Waals surface area contributed by atoms with Gasteiger partial charge in [-0.2, -0.15) is 10.4 Å². The van der Waals surface area contributed by atoms with Crippen LogP contribution in [0.5, 0.6) is 0 Å². The summed E-state index contributed by atoms with van der Waals surface area (Å²) in [5.41, 5.74) is 1.28. The molecule has 0 spiro atoms. The molecule has 0 saturated heterocycles. The summed E-state index contributed by atoms with van der Waals surface area (Å²) in [7, 11) is 0. The van der Waals surface area contributed by atoms with Gasteiger partial charge in [-0.3, -0.25) is 9.89 Å². The average Bonchev–Trinajstić information content (AvgIpc) is 2.63. The first kappa shape index (κ1) is 11.2. The lowest BCUT2D eigenvalue weighted by Gasteiger charge is -2.17. The first-order valence-electron chi connectivity index (χ1n) is 4.86. The fourth-order valence-electron chi connectivity index (χ4n) is 1.34. The molecule has 80 valence electrons. The van der Waals surface area contributed by atoms with Crippen molar-refractivity contribution in [3.8, 4) is 6.07 Å². The molecule has 0 radical (unpaired) electrons. The lowest BCUT2D eigenvalue weighted by Crippen LogP contribution is -2.32. The van der Waals surface area contributed by atoms with E-state index in [1.165, 1.54) is 11.1 Å². The fraction of sp³-hybridized carbons (Fsp3) is 0.500. The Morgan fingerprint density at radius 1 is 1.73 bits per heavy atom. The summed E-state index contributed by atoms with van der Waals surface area (Å²) in [5, 5.41) is 15.1. The van der Waals surface area contributed by atoms with Gasteiger partial charge in [0.05, 0.1) is 17.8 Å². The third kappa shape index (κ3) is 2.56. The van der Waals surface area contributed by atoms with Crippen LogP contribution < -0.4 is 0 Å². The SMILES string of the molecule is CCCN(CC#N)C(=O)c1cn[nH]c1C. The van der Waals surface area contributed by atoms with Crippen LogP contribution in [-0.4, -0.2) is 34.1 Å². The molecular formula is C10H14N4O. The maximum atomic E-state index is 11.9. The van der Waals surface area contributed by atoms with Crippen molar-refractivity contribution in [1.29, 1.82) is 5.26 Å². The molecule has 1 aromatic heterocycles. The van der Waals surface area contributed by atoms with Gasteiger partial charge < -0.3 is 4.90 Å². The molecule has 0 bridgehead atoms. The Balaban J connectivity index is 2.81. The number of H-pyrrole nitrogens is 1. The molecule has 0 fully saturated rings. The molecule has 0 unspecified atom stereocenters. The van der Waals surface area contributed by atoms with Crippen molar-refractivity contribution in [3.05, 3.63) is 17.5 Å². The van der Waals surface area contributed by atoms with Crippen molar-refractivity contribution in [3.63, 3.8) is 0 Å². The Bertz CT molecular complexity index is 377. The van der Waals surface area contributed by atoms with Gasteiger partial charge in [0, 0.05) is 12.2 Å². The van der Waals surface area contributed by atoms with Gasteiger partial charge in [-0.1, -0.05) is 6.92 Å². The van der Waals surface area contributed by atoms with E-state index in [1.807, 2.05) is 13.0 Å². The summed E-state index contributed by atoms with van der Waals surface area (Å²) in [6.07, 6.45) is 2.34. The Morgan fingerprint density at radius 2 is 2.47 bits per heavy atom. The second-order valence-electron chi connectivity index (χ2n) is 3.29. The summed E-state index contributed by atoms with van der Waals surface area (Å²) in [5.74, 6) is -0.135. The topological polar surface area (TPSA) is 72.8 Å². The first-order chi connectivity index (χ1) is 7.20.